The van der Waals surface area contributed by atoms with E-state index >= 15 is 0 Å². The van der Waals surface area contributed by atoms with Crippen molar-refractivity contribution in [1.29, 1.82) is 0 Å². The number of aliphatic carboxylic acids is 1. The lowest BCUT2D eigenvalue weighted by Crippen LogP contribution is -2.17. The van der Waals surface area contributed by atoms with Crippen LogP contribution in [0.25, 0.3) is 0 Å². The molecule has 0 aromatic rings. The molecule has 0 bridgehead atoms. The molecule has 1 fully saturated rings. The van der Waals surface area contributed by atoms with Crippen LogP contribution in [0.1, 0.15) is 84.0 Å². The zero-order chi connectivity index (χ0) is 19.2. The summed E-state index contributed by atoms with van der Waals surface area (Å²) in [4.78, 5) is 10.5. The summed E-state index contributed by atoms with van der Waals surface area (Å²) >= 11 is 0. The summed E-state index contributed by atoms with van der Waals surface area (Å²) in [6.07, 6.45) is 18.6. The molecule has 1 rings (SSSR count). The van der Waals surface area contributed by atoms with Crippen molar-refractivity contribution in [3.8, 4) is 0 Å². The van der Waals surface area contributed by atoms with Crippen LogP contribution in [0.15, 0.2) is 24.3 Å². The van der Waals surface area contributed by atoms with Crippen molar-refractivity contribution < 1.29 is 20.1 Å². The zero-order valence-electron chi connectivity index (χ0n) is 16.4. The molecule has 4 unspecified atom stereocenters. The molecule has 1 saturated carbocycles. The first-order chi connectivity index (χ1) is 12.5. The molecule has 26 heavy (non-hydrogen) atoms. The second kappa shape index (κ2) is 14.0. The summed E-state index contributed by atoms with van der Waals surface area (Å²) in [5, 5.41) is 28.9. The van der Waals surface area contributed by atoms with Gasteiger partial charge in [-0.25, -0.2) is 0 Å². The van der Waals surface area contributed by atoms with Crippen LogP contribution in [0.5, 0.6) is 0 Å². The van der Waals surface area contributed by atoms with E-state index in [0.29, 0.717) is 12.3 Å². The maximum atomic E-state index is 10.5. The number of hydrogen-bond acceptors (Lipinski definition) is 3. The molecule has 0 aromatic carbocycles. The standard InChI is InChI=1S/C22H38O4/c1-2-3-4-8-11-19(23)16-14-18-15-17-21(24)20(18)12-9-6-5-7-10-13-22(25)26/h6,9,14,16,18-21,23-24H,2-5,7-8,10-13,15,17H2,1H3,(H,25,26). The number of allylic oxidation sites excluding steroid dienone is 3. The number of unbranched alkanes of at least 4 members (excludes halogenated alkanes) is 5. The Morgan fingerprint density at radius 2 is 1.92 bits per heavy atom. The quantitative estimate of drug-likeness (QED) is 0.303. The predicted molar refractivity (Wildman–Crippen MR) is 106 cm³/mol. The Hall–Kier alpha value is -1.13. The van der Waals surface area contributed by atoms with Crippen LogP contribution < -0.4 is 0 Å². The van der Waals surface area contributed by atoms with Gasteiger partial charge in [0.15, 0.2) is 0 Å². The summed E-state index contributed by atoms with van der Waals surface area (Å²) in [7, 11) is 0. The molecule has 4 atom stereocenters. The second-order valence-corrected chi connectivity index (χ2v) is 7.62. The number of carboxylic acid groups (broad SMARTS) is 1. The summed E-state index contributed by atoms with van der Waals surface area (Å²) in [6.45, 7) is 2.19. The minimum absolute atomic E-state index is 0.230. The van der Waals surface area contributed by atoms with Gasteiger partial charge in [-0.2, -0.15) is 0 Å². The molecule has 0 aliphatic heterocycles. The maximum absolute atomic E-state index is 10.5. The van der Waals surface area contributed by atoms with Crippen LogP contribution in [0, 0.1) is 11.8 Å². The highest BCUT2D eigenvalue weighted by Crippen LogP contribution is 2.36. The third-order valence-corrected chi connectivity index (χ3v) is 5.36. The average molecular weight is 367 g/mol. The highest BCUT2D eigenvalue weighted by atomic mass is 16.4. The van der Waals surface area contributed by atoms with E-state index in [4.69, 9.17) is 5.11 Å². The molecule has 3 N–H and O–H groups in total. The van der Waals surface area contributed by atoms with Gasteiger partial charge in [0, 0.05) is 6.42 Å². The minimum Gasteiger partial charge on any atom is -0.481 e. The summed E-state index contributed by atoms with van der Waals surface area (Å²) in [5.74, 6) is -0.161. The number of carboxylic acids is 1. The number of carbonyl (C=O) groups is 1. The van der Waals surface area contributed by atoms with Gasteiger partial charge in [-0.15, -0.1) is 0 Å². The Balaban J connectivity index is 2.29. The van der Waals surface area contributed by atoms with Crippen LogP contribution >= 0.6 is 0 Å². The number of hydrogen-bond donors (Lipinski definition) is 3. The molecule has 1 aliphatic rings. The van der Waals surface area contributed by atoms with Crippen molar-refractivity contribution in [2.45, 2.75) is 96.2 Å². The van der Waals surface area contributed by atoms with Crippen LogP contribution in [0.4, 0.5) is 0 Å². The maximum Gasteiger partial charge on any atom is 0.303 e. The van der Waals surface area contributed by atoms with E-state index in [0.717, 1.165) is 44.9 Å². The van der Waals surface area contributed by atoms with E-state index in [-0.39, 0.29) is 24.5 Å². The Morgan fingerprint density at radius 1 is 1.12 bits per heavy atom. The number of rotatable bonds is 14. The second-order valence-electron chi connectivity index (χ2n) is 7.62. The lowest BCUT2D eigenvalue weighted by atomic mass is 9.90. The molecule has 0 heterocycles. The third kappa shape index (κ3) is 10.1. The van der Waals surface area contributed by atoms with E-state index in [9.17, 15) is 15.0 Å². The Kier molecular flexibility index (Phi) is 12.3. The van der Waals surface area contributed by atoms with Crippen LogP contribution in [-0.2, 0) is 4.79 Å². The lowest BCUT2D eigenvalue weighted by Gasteiger charge is -2.18. The lowest BCUT2D eigenvalue weighted by molar-refractivity contribution is -0.137. The van der Waals surface area contributed by atoms with Gasteiger partial charge in [-0.3, -0.25) is 4.79 Å². The smallest absolute Gasteiger partial charge is 0.303 e. The SMILES string of the molecule is CCCCCCC(O)C=CC1CCC(O)C1CC=CCCCCC(=O)O. The molecular formula is C22H38O4. The van der Waals surface area contributed by atoms with Crippen molar-refractivity contribution in [1.82, 2.24) is 0 Å². The molecule has 4 heteroatoms. The zero-order valence-corrected chi connectivity index (χ0v) is 16.4. The largest absolute Gasteiger partial charge is 0.481 e. The highest BCUT2D eigenvalue weighted by Gasteiger charge is 2.32. The van der Waals surface area contributed by atoms with Crippen molar-refractivity contribution in [3.63, 3.8) is 0 Å². The molecule has 1 aliphatic carbocycles. The molecule has 4 nitrogen and oxygen atoms in total. The van der Waals surface area contributed by atoms with Gasteiger partial charge >= 0.3 is 5.97 Å². The number of aliphatic hydroxyl groups is 2. The summed E-state index contributed by atoms with van der Waals surface area (Å²) in [5.41, 5.74) is 0. The molecule has 0 saturated heterocycles. The van der Waals surface area contributed by atoms with Crippen molar-refractivity contribution in [2.24, 2.45) is 11.8 Å². The van der Waals surface area contributed by atoms with Crippen LogP contribution in [0.2, 0.25) is 0 Å². The fraction of sp³-hybridized carbons (Fsp3) is 0.773. The first kappa shape index (κ1) is 22.9. The summed E-state index contributed by atoms with van der Waals surface area (Å²) < 4.78 is 0. The Labute approximate surface area is 159 Å². The minimum atomic E-state index is -0.731. The molecule has 0 amide bonds. The van der Waals surface area contributed by atoms with E-state index < -0.39 is 5.97 Å². The third-order valence-electron chi connectivity index (χ3n) is 5.36. The van der Waals surface area contributed by atoms with Gasteiger partial charge in [-0.05, 0) is 56.8 Å². The van der Waals surface area contributed by atoms with Gasteiger partial charge in [0.25, 0.3) is 0 Å². The normalized spacial score (nSPS) is 24.7. The highest BCUT2D eigenvalue weighted by molar-refractivity contribution is 5.66. The first-order valence-corrected chi connectivity index (χ1v) is 10.5. The van der Waals surface area contributed by atoms with E-state index in [2.05, 4.69) is 25.2 Å². The van der Waals surface area contributed by atoms with E-state index in [1.165, 1.54) is 19.3 Å². The summed E-state index contributed by atoms with van der Waals surface area (Å²) in [6, 6.07) is 0. The van der Waals surface area contributed by atoms with Crippen LogP contribution in [0.3, 0.4) is 0 Å². The first-order valence-electron chi connectivity index (χ1n) is 10.5. The average Bonchev–Trinajstić information content (AvgIpc) is 2.96. The van der Waals surface area contributed by atoms with Gasteiger partial charge in [0.1, 0.15) is 0 Å². The fourth-order valence-corrected chi connectivity index (χ4v) is 3.70. The van der Waals surface area contributed by atoms with E-state index in [1.54, 1.807) is 0 Å². The number of aliphatic hydroxyl groups excluding tert-OH is 2. The van der Waals surface area contributed by atoms with Crippen molar-refractivity contribution >= 4 is 5.97 Å². The van der Waals surface area contributed by atoms with Crippen molar-refractivity contribution in [2.75, 3.05) is 0 Å². The van der Waals surface area contributed by atoms with E-state index in [1.807, 2.05) is 6.08 Å². The van der Waals surface area contributed by atoms with Gasteiger partial charge in [0.2, 0.25) is 0 Å². The fourth-order valence-electron chi connectivity index (χ4n) is 3.70. The van der Waals surface area contributed by atoms with Gasteiger partial charge in [0.05, 0.1) is 12.2 Å². The van der Waals surface area contributed by atoms with Gasteiger partial charge < -0.3 is 15.3 Å². The van der Waals surface area contributed by atoms with Crippen LogP contribution in [-0.4, -0.2) is 33.5 Å². The molecular weight excluding hydrogens is 328 g/mol. The molecule has 150 valence electrons. The molecule has 0 radical (unpaired) electrons. The molecule has 0 spiro atoms. The van der Waals surface area contributed by atoms with Gasteiger partial charge in [-0.1, -0.05) is 56.9 Å². The van der Waals surface area contributed by atoms with Crippen molar-refractivity contribution in [3.05, 3.63) is 24.3 Å². The predicted octanol–water partition coefficient (Wildman–Crippen LogP) is 4.85. The monoisotopic (exact) mass is 366 g/mol. The Bertz CT molecular complexity index is 430. The molecule has 0 aromatic heterocycles. The Morgan fingerprint density at radius 3 is 2.65 bits per heavy atom. The topological polar surface area (TPSA) is 77.8 Å².